The van der Waals surface area contributed by atoms with Crippen molar-refractivity contribution in [3.63, 3.8) is 0 Å². The lowest BCUT2D eigenvalue weighted by atomic mass is 9.81. The second-order valence-corrected chi connectivity index (χ2v) is 12.6. The molecule has 2 aromatic carbocycles. The van der Waals surface area contributed by atoms with Gasteiger partial charge in [-0.3, -0.25) is 9.48 Å². The zero-order valence-corrected chi connectivity index (χ0v) is 25.5. The Kier molecular flexibility index (Phi) is 9.30. The number of nitrogens with two attached hydrogens (primary N) is 1. The molecule has 1 aliphatic heterocycles. The highest BCUT2D eigenvalue weighted by Gasteiger charge is 2.34. The third-order valence-electron chi connectivity index (χ3n) is 9.60. The van der Waals surface area contributed by atoms with E-state index in [0.29, 0.717) is 37.4 Å². The fourth-order valence-corrected chi connectivity index (χ4v) is 7.37. The normalized spacial score (nSPS) is 18.5. The summed E-state index contributed by atoms with van der Waals surface area (Å²) in [4.78, 5) is 23.3. The molecule has 8 nitrogen and oxygen atoms in total. The minimum Gasteiger partial charge on any atom is -0.457 e. The lowest BCUT2D eigenvalue weighted by Crippen LogP contribution is -2.50. The predicted molar refractivity (Wildman–Crippen MR) is 170 cm³/mol. The maximum Gasteiger partial charge on any atom is 0.223 e. The third kappa shape index (κ3) is 7.23. The molecule has 228 valence electrons. The van der Waals surface area contributed by atoms with Crippen molar-refractivity contribution in [2.75, 3.05) is 0 Å². The van der Waals surface area contributed by atoms with Gasteiger partial charge in [0.05, 0.1) is 11.9 Å². The predicted octanol–water partition coefficient (Wildman–Crippen LogP) is 7.06. The average molecular weight is 583 g/mol. The zero-order chi connectivity index (χ0) is 29.6. The molecule has 0 bridgehead atoms. The zero-order valence-electron chi connectivity index (χ0n) is 25.5. The number of aryl methyl sites for hydroxylation is 1. The lowest BCUT2D eigenvalue weighted by Gasteiger charge is -2.42. The monoisotopic (exact) mass is 582 g/mol. The van der Waals surface area contributed by atoms with Gasteiger partial charge >= 0.3 is 0 Å². The van der Waals surface area contributed by atoms with E-state index in [9.17, 15) is 4.79 Å². The summed E-state index contributed by atoms with van der Waals surface area (Å²) in [7, 11) is 1.94. The van der Waals surface area contributed by atoms with Crippen molar-refractivity contribution < 1.29 is 9.53 Å². The molecule has 43 heavy (non-hydrogen) atoms. The lowest BCUT2D eigenvalue weighted by molar-refractivity contribution is -0.135. The number of nitrogens with zero attached hydrogens (tertiary/aromatic N) is 5. The maximum atomic E-state index is 14.0. The molecule has 0 radical (unpaired) electrons. The quantitative estimate of drug-likeness (QED) is 0.276. The van der Waals surface area contributed by atoms with Crippen molar-refractivity contribution in [3.05, 3.63) is 72.1 Å². The Hall–Kier alpha value is -3.81. The number of para-hydroxylation sites is 1. The Morgan fingerprint density at radius 3 is 2.47 bits per heavy atom. The smallest absolute Gasteiger partial charge is 0.223 e. The van der Waals surface area contributed by atoms with Gasteiger partial charge in [-0.2, -0.15) is 5.10 Å². The number of aromatic nitrogens is 2. The molecule has 2 saturated carbocycles. The van der Waals surface area contributed by atoms with Gasteiger partial charge in [-0.05, 0) is 68.4 Å². The first-order valence-electron chi connectivity index (χ1n) is 16.3. The summed E-state index contributed by atoms with van der Waals surface area (Å²) >= 11 is 0. The Bertz CT molecular complexity index is 1390. The first kappa shape index (κ1) is 29.3. The maximum absolute atomic E-state index is 14.0. The van der Waals surface area contributed by atoms with Crippen molar-refractivity contribution >= 4 is 17.6 Å². The summed E-state index contributed by atoms with van der Waals surface area (Å²) in [5.41, 5.74) is 9.79. The molecule has 3 aromatic rings. The van der Waals surface area contributed by atoms with Crippen LogP contribution in [0.3, 0.4) is 0 Å². The fraction of sp³-hybridized carbons (Fsp3) is 0.514. The van der Waals surface area contributed by atoms with E-state index in [1.807, 2.05) is 66.6 Å². The Morgan fingerprint density at radius 1 is 1.00 bits per heavy atom. The minimum absolute atomic E-state index is 0.173. The van der Waals surface area contributed by atoms with Crippen LogP contribution in [0.4, 0.5) is 5.69 Å². The molecule has 2 N–H and O–H groups in total. The largest absolute Gasteiger partial charge is 0.457 e. The number of carbonyl (C=O) groups excluding carboxylic acids is 1. The third-order valence-corrected chi connectivity index (χ3v) is 9.60. The molecule has 1 aromatic heterocycles. The molecule has 2 heterocycles. The first-order valence-corrected chi connectivity index (χ1v) is 16.3. The number of fused-ring (bicyclic) bond motifs is 1. The molecular weight excluding hydrogens is 536 g/mol. The SMILES string of the molecule is Cn1cc(CN(C(=O)CC[C@@H](C2CCCCC2)N2Cc3cc(Oc4ccccc4)ccc3N=C2N)C2CCCCC2)cn1. The van der Waals surface area contributed by atoms with Gasteiger partial charge in [0.25, 0.3) is 0 Å². The first-order chi connectivity index (χ1) is 21.0. The van der Waals surface area contributed by atoms with Crippen molar-refractivity contribution in [2.45, 2.75) is 102 Å². The van der Waals surface area contributed by atoms with Gasteiger partial charge in [-0.25, -0.2) is 4.99 Å². The van der Waals surface area contributed by atoms with Crippen LogP contribution in [0.15, 0.2) is 65.9 Å². The summed E-state index contributed by atoms with van der Waals surface area (Å²) < 4.78 is 7.97. The topological polar surface area (TPSA) is 89.0 Å². The molecule has 0 saturated heterocycles. The number of hydrogen-bond donors (Lipinski definition) is 1. The fourth-order valence-electron chi connectivity index (χ4n) is 7.37. The van der Waals surface area contributed by atoms with E-state index >= 15 is 0 Å². The number of aliphatic imine (C=N–C) groups is 1. The van der Waals surface area contributed by atoms with E-state index in [2.05, 4.69) is 21.0 Å². The van der Waals surface area contributed by atoms with E-state index in [4.69, 9.17) is 15.5 Å². The standard InChI is InChI=1S/C35H46N6O2/c1-39-23-26(22-37-39)24-40(29-13-7-3-8-14-29)34(42)20-19-33(27-11-5-2-6-12-27)41-25-28-21-31(17-18-32(28)38-35(41)36)43-30-15-9-4-10-16-30/h4,9-10,15-18,21-23,27,29,33H,2-3,5-8,11-14,19-20,24-25H2,1H3,(H2,36,38)/t33-/m0/s1. The molecular formula is C35H46N6O2. The van der Waals surface area contributed by atoms with Gasteiger partial charge in [0.15, 0.2) is 5.96 Å². The highest BCUT2D eigenvalue weighted by Crippen LogP contribution is 2.37. The number of benzene rings is 2. The van der Waals surface area contributed by atoms with Crippen LogP contribution >= 0.6 is 0 Å². The summed E-state index contributed by atoms with van der Waals surface area (Å²) in [5, 5.41) is 4.36. The number of amides is 1. The van der Waals surface area contributed by atoms with Gasteiger partial charge in [-0.1, -0.05) is 56.7 Å². The van der Waals surface area contributed by atoms with E-state index in [0.717, 1.165) is 47.6 Å². The molecule has 8 heteroatoms. The summed E-state index contributed by atoms with van der Waals surface area (Å²) in [6.07, 6.45) is 17.2. The van der Waals surface area contributed by atoms with E-state index in [-0.39, 0.29) is 11.9 Å². The van der Waals surface area contributed by atoms with Crippen LogP contribution < -0.4 is 10.5 Å². The van der Waals surface area contributed by atoms with Crippen LogP contribution in [0.25, 0.3) is 0 Å². The molecule has 6 rings (SSSR count). The van der Waals surface area contributed by atoms with E-state index in [1.165, 1.54) is 51.4 Å². The molecule has 1 amide bonds. The summed E-state index contributed by atoms with van der Waals surface area (Å²) in [5.74, 6) is 2.92. The van der Waals surface area contributed by atoms with E-state index in [1.54, 1.807) is 0 Å². The van der Waals surface area contributed by atoms with Crippen molar-refractivity contribution in [1.29, 1.82) is 0 Å². The van der Waals surface area contributed by atoms with Gasteiger partial charge < -0.3 is 20.3 Å². The molecule has 1 atom stereocenters. The van der Waals surface area contributed by atoms with Crippen molar-refractivity contribution in [2.24, 2.45) is 23.7 Å². The highest BCUT2D eigenvalue weighted by atomic mass is 16.5. The second kappa shape index (κ2) is 13.7. The van der Waals surface area contributed by atoms with Crippen LogP contribution in [0.2, 0.25) is 0 Å². The molecule has 2 aliphatic carbocycles. The van der Waals surface area contributed by atoms with E-state index < -0.39 is 0 Å². The number of rotatable bonds is 10. The van der Waals surface area contributed by atoms with Crippen molar-refractivity contribution in [3.8, 4) is 11.5 Å². The molecule has 0 spiro atoms. The van der Waals surface area contributed by atoms with Gasteiger partial charge in [0.2, 0.25) is 5.91 Å². The molecule has 0 unspecified atom stereocenters. The van der Waals surface area contributed by atoms with Crippen LogP contribution in [-0.4, -0.2) is 43.5 Å². The number of guanidine groups is 1. The van der Waals surface area contributed by atoms with Crippen LogP contribution in [-0.2, 0) is 24.9 Å². The van der Waals surface area contributed by atoms with Crippen LogP contribution in [0.1, 0.15) is 88.2 Å². The number of carbonyl (C=O) groups is 1. The highest BCUT2D eigenvalue weighted by molar-refractivity contribution is 5.84. The Morgan fingerprint density at radius 2 is 1.74 bits per heavy atom. The van der Waals surface area contributed by atoms with Crippen LogP contribution in [0.5, 0.6) is 11.5 Å². The Balaban J connectivity index is 1.20. The van der Waals surface area contributed by atoms with Crippen LogP contribution in [0, 0.1) is 5.92 Å². The second-order valence-electron chi connectivity index (χ2n) is 12.6. The van der Waals surface area contributed by atoms with Crippen molar-refractivity contribution in [1.82, 2.24) is 19.6 Å². The number of hydrogen-bond acceptors (Lipinski definition) is 6. The summed E-state index contributed by atoms with van der Waals surface area (Å²) in [6, 6.07) is 16.4. The molecule has 2 fully saturated rings. The minimum atomic E-state index is 0.173. The molecule has 3 aliphatic rings. The average Bonchev–Trinajstić information content (AvgIpc) is 3.46. The summed E-state index contributed by atoms with van der Waals surface area (Å²) in [6.45, 7) is 1.31. The van der Waals surface area contributed by atoms with Gasteiger partial charge in [0, 0.05) is 56.0 Å². The Labute approximate surface area is 255 Å². The number of ether oxygens (including phenoxy) is 1. The van der Waals surface area contributed by atoms with Gasteiger partial charge in [0.1, 0.15) is 11.5 Å². The van der Waals surface area contributed by atoms with Gasteiger partial charge in [-0.15, -0.1) is 0 Å².